The summed E-state index contributed by atoms with van der Waals surface area (Å²) >= 11 is 0. The largest absolute Gasteiger partial charge is 0.423 e. The second-order valence-corrected chi connectivity index (χ2v) is 10.1. The minimum Gasteiger partial charge on any atom is -0.423 e. The fraction of sp³-hybridized carbons (Fsp3) is 0. The highest BCUT2D eigenvalue weighted by Crippen LogP contribution is 2.41. The Labute approximate surface area is 245 Å². The van der Waals surface area contributed by atoms with Crippen LogP contribution in [0.25, 0.3) is 77.2 Å². The van der Waals surface area contributed by atoms with E-state index in [0.29, 0.717) is 39.2 Å². The summed E-state index contributed by atoms with van der Waals surface area (Å²) in [5.74, 6) is -3.81. The van der Waals surface area contributed by atoms with Gasteiger partial charge in [-0.1, -0.05) is 36.4 Å². The van der Waals surface area contributed by atoms with Crippen molar-refractivity contribution in [2.45, 2.75) is 0 Å². The second-order valence-electron chi connectivity index (χ2n) is 10.1. The molecule has 0 amide bonds. The SMILES string of the molecule is [C-]#[N+]c1c(F)ccc(-c2cc(-c3ccc(F)nc3F)cc(-c3nc4ccccc4c4nc5oc6ccccc6n5c34)c2)c1F. The van der Waals surface area contributed by atoms with Gasteiger partial charge in [-0.25, -0.2) is 18.6 Å². The topological polar surface area (TPSA) is 60.6 Å². The molecule has 8 aromatic rings. The molecule has 0 spiro atoms. The van der Waals surface area contributed by atoms with Crippen LogP contribution in [0.3, 0.4) is 0 Å². The average Bonchev–Trinajstić information content (AvgIpc) is 3.57. The lowest BCUT2D eigenvalue weighted by molar-refractivity contribution is 0.515. The summed E-state index contributed by atoms with van der Waals surface area (Å²) in [6.45, 7) is 7.29. The zero-order valence-electron chi connectivity index (χ0n) is 22.3. The van der Waals surface area contributed by atoms with Gasteiger partial charge in [-0.15, -0.1) is 0 Å². The van der Waals surface area contributed by atoms with Gasteiger partial charge in [0.2, 0.25) is 11.9 Å². The second kappa shape index (κ2) is 9.47. The first kappa shape index (κ1) is 25.6. The first-order valence-corrected chi connectivity index (χ1v) is 13.3. The van der Waals surface area contributed by atoms with Crippen molar-refractivity contribution < 1.29 is 22.0 Å². The van der Waals surface area contributed by atoms with Crippen LogP contribution in [0, 0.1) is 30.1 Å². The van der Waals surface area contributed by atoms with Crippen LogP contribution in [-0.2, 0) is 0 Å². The maximum Gasteiger partial charge on any atom is 0.307 e. The molecule has 0 radical (unpaired) electrons. The summed E-state index contributed by atoms with van der Waals surface area (Å²) in [7, 11) is 0. The summed E-state index contributed by atoms with van der Waals surface area (Å²) in [5, 5.41) is 0.769. The highest BCUT2D eigenvalue weighted by atomic mass is 19.1. The normalized spacial score (nSPS) is 11.6. The van der Waals surface area contributed by atoms with E-state index >= 15 is 8.78 Å². The van der Waals surface area contributed by atoms with Crippen molar-refractivity contribution in [3.05, 3.63) is 126 Å². The van der Waals surface area contributed by atoms with E-state index in [1.54, 1.807) is 12.1 Å². The molecule has 10 heteroatoms. The molecule has 8 rings (SSSR count). The van der Waals surface area contributed by atoms with Gasteiger partial charge in [0.05, 0.1) is 23.3 Å². The zero-order chi connectivity index (χ0) is 30.1. The Hall–Kier alpha value is -6.08. The fourth-order valence-corrected chi connectivity index (χ4v) is 5.64. The number of rotatable bonds is 3. The quantitative estimate of drug-likeness (QED) is 0.118. The highest BCUT2D eigenvalue weighted by Gasteiger charge is 2.23. The Bertz CT molecular complexity index is 2520. The van der Waals surface area contributed by atoms with E-state index in [2.05, 4.69) is 9.83 Å². The van der Waals surface area contributed by atoms with Crippen molar-refractivity contribution in [2.24, 2.45) is 0 Å². The van der Waals surface area contributed by atoms with E-state index in [4.69, 9.17) is 21.0 Å². The van der Waals surface area contributed by atoms with Crippen molar-refractivity contribution in [1.29, 1.82) is 0 Å². The number of hydrogen-bond acceptors (Lipinski definition) is 4. The van der Waals surface area contributed by atoms with Crippen LogP contribution in [0.15, 0.2) is 95.4 Å². The number of fused-ring (bicyclic) bond motifs is 7. The molecule has 0 saturated carbocycles. The van der Waals surface area contributed by atoms with Crippen molar-refractivity contribution in [1.82, 2.24) is 19.4 Å². The first-order chi connectivity index (χ1) is 21.4. The van der Waals surface area contributed by atoms with E-state index < -0.39 is 29.2 Å². The van der Waals surface area contributed by atoms with Gasteiger partial charge in [-0.05, 0) is 65.7 Å². The first-order valence-electron chi connectivity index (χ1n) is 13.3. The van der Waals surface area contributed by atoms with Crippen LogP contribution in [0.4, 0.5) is 23.2 Å². The molecular formula is C34H15F4N5O. The fourth-order valence-electron chi connectivity index (χ4n) is 5.64. The maximum atomic E-state index is 15.5. The van der Waals surface area contributed by atoms with E-state index in [-0.39, 0.29) is 22.3 Å². The van der Waals surface area contributed by atoms with Crippen LogP contribution in [0.1, 0.15) is 0 Å². The monoisotopic (exact) mass is 585 g/mol. The van der Waals surface area contributed by atoms with Gasteiger partial charge in [0.1, 0.15) is 22.7 Å². The van der Waals surface area contributed by atoms with Gasteiger partial charge in [-0.3, -0.25) is 4.40 Å². The van der Waals surface area contributed by atoms with Gasteiger partial charge >= 0.3 is 5.84 Å². The number of halogens is 4. The molecule has 4 aromatic heterocycles. The van der Waals surface area contributed by atoms with Crippen molar-refractivity contribution >= 4 is 44.6 Å². The molecule has 0 aliphatic rings. The summed E-state index contributed by atoms with van der Waals surface area (Å²) in [6.07, 6.45) is 0. The van der Waals surface area contributed by atoms with Gasteiger partial charge in [0, 0.05) is 22.1 Å². The minimum absolute atomic E-state index is 0.0494. The standard InChI is InChI=1S/C34H15F4N5O/c1-39-31-23(35)12-10-20(28(31)37)17-14-18(21-11-13-27(36)41-33(21)38)16-19(15-17)29-32-30(22-6-2-3-7-24(22)40-29)42-34-43(32)25-8-4-5-9-26(25)44-34/h2-16H. The molecule has 0 N–H and O–H groups in total. The Balaban J connectivity index is 1.51. The number of oxazole rings is 1. The smallest absolute Gasteiger partial charge is 0.307 e. The lowest BCUT2D eigenvalue weighted by atomic mass is 9.94. The van der Waals surface area contributed by atoms with Crippen LogP contribution >= 0.6 is 0 Å². The van der Waals surface area contributed by atoms with E-state index in [1.807, 2.05) is 52.9 Å². The molecule has 0 atom stereocenters. The van der Waals surface area contributed by atoms with Crippen LogP contribution < -0.4 is 0 Å². The van der Waals surface area contributed by atoms with Crippen LogP contribution in [0.5, 0.6) is 0 Å². The number of imidazole rings is 1. The summed E-state index contributed by atoms with van der Waals surface area (Å²) < 4.78 is 66.5. The van der Waals surface area contributed by atoms with Crippen LogP contribution in [0.2, 0.25) is 0 Å². The molecule has 0 aliphatic heterocycles. The number of hydrogen-bond donors (Lipinski definition) is 0. The van der Waals surface area contributed by atoms with Gasteiger partial charge in [0.25, 0.3) is 5.69 Å². The van der Waals surface area contributed by atoms with Gasteiger partial charge < -0.3 is 4.42 Å². The summed E-state index contributed by atoms with van der Waals surface area (Å²) in [5.41, 5.74) is 3.53. The number of aromatic nitrogens is 4. The third kappa shape index (κ3) is 3.76. The lowest BCUT2D eigenvalue weighted by Gasteiger charge is -2.14. The molecule has 0 bridgehead atoms. The highest BCUT2D eigenvalue weighted by molar-refractivity contribution is 6.10. The number of para-hydroxylation sites is 3. The van der Waals surface area contributed by atoms with E-state index in [1.165, 1.54) is 18.2 Å². The molecule has 0 aliphatic carbocycles. The molecule has 210 valence electrons. The Morgan fingerprint density at radius 3 is 2.27 bits per heavy atom. The van der Waals surface area contributed by atoms with Crippen molar-refractivity contribution in [3.63, 3.8) is 0 Å². The molecule has 4 heterocycles. The van der Waals surface area contributed by atoms with Crippen molar-refractivity contribution in [2.75, 3.05) is 0 Å². The molecular weight excluding hydrogens is 570 g/mol. The predicted molar refractivity (Wildman–Crippen MR) is 158 cm³/mol. The third-order valence-corrected chi connectivity index (χ3v) is 7.59. The minimum atomic E-state index is -1.07. The maximum absolute atomic E-state index is 15.5. The Morgan fingerprint density at radius 2 is 1.45 bits per heavy atom. The van der Waals surface area contributed by atoms with E-state index in [9.17, 15) is 8.78 Å². The van der Waals surface area contributed by atoms with Gasteiger partial charge in [0.15, 0.2) is 5.58 Å². The Morgan fingerprint density at radius 1 is 0.727 bits per heavy atom. The molecule has 44 heavy (non-hydrogen) atoms. The molecule has 0 unspecified atom stereocenters. The third-order valence-electron chi connectivity index (χ3n) is 7.59. The lowest BCUT2D eigenvalue weighted by Crippen LogP contribution is -1.96. The number of nitrogens with zero attached hydrogens (tertiary/aromatic N) is 5. The Kier molecular flexibility index (Phi) is 5.51. The molecule has 6 nitrogen and oxygen atoms in total. The van der Waals surface area contributed by atoms with Crippen LogP contribution in [-0.4, -0.2) is 19.4 Å². The molecule has 4 aromatic carbocycles. The molecule has 0 fully saturated rings. The zero-order valence-corrected chi connectivity index (χ0v) is 22.3. The van der Waals surface area contributed by atoms with E-state index in [0.717, 1.165) is 23.0 Å². The van der Waals surface area contributed by atoms with Gasteiger partial charge in [-0.2, -0.15) is 18.7 Å². The number of benzene rings is 4. The van der Waals surface area contributed by atoms with Crippen molar-refractivity contribution in [3.8, 4) is 33.5 Å². The number of pyridine rings is 2. The summed E-state index contributed by atoms with van der Waals surface area (Å²) in [4.78, 5) is 16.1. The average molecular weight is 586 g/mol. The molecule has 0 saturated heterocycles. The summed E-state index contributed by atoms with van der Waals surface area (Å²) in [6, 6.07) is 24.0. The predicted octanol–water partition coefficient (Wildman–Crippen LogP) is 9.29.